The first kappa shape index (κ1) is 17.7. The second-order valence-corrected chi connectivity index (χ2v) is 6.26. The average Bonchev–Trinajstić information content (AvgIpc) is 2.60. The Morgan fingerprint density at radius 1 is 1.00 bits per heavy atom. The van der Waals surface area contributed by atoms with Gasteiger partial charge in [0.25, 0.3) is 0 Å². The molecule has 26 heavy (non-hydrogen) atoms. The van der Waals surface area contributed by atoms with Gasteiger partial charge < -0.3 is 15.5 Å². The van der Waals surface area contributed by atoms with Crippen molar-refractivity contribution in [3.8, 4) is 0 Å². The van der Waals surface area contributed by atoms with E-state index in [0.717, 1.165) is 24.1 Å². The summed E-state index contributed by atoms with van der Waals surface area (Å²) in [6, 6.07) is 14.6. The molecule has 0 saturated heterocycles. The summed E-state index contributed by atoms with van der Waals surface area (Å²) in [5.41, 5.74) is 3.15. The Hall–Kier alpha value is -3.15. The molecule has 134 valence electrons. The number of hydrogen-bond donors (Lipinski definition) is 2. The largest absolute Gasteiger partial charge is 0.326 e. The summed E-state index contributed by atoms with van der Waals surface area (Å²) < 4.78 is 0. The van der Waals surface area contributed by atoms with Gasteiger partial charge >= 0.3 is 0 Å². The van der Waals surface area contributed by atoms with E-state index in [2.05, 4.69) is 10.6 Å². The van der Waals surface area contributed by atoms with Crippen LogP contribution in [0.2, 0.25) is 0 Å². The molecule has 3 rings (SSSR count). The zero-order chi connectivity index (χ0) is 18.5. The van der Waals surface area contributed by atoms with Gasteiger partial charge in [0.15, 0.2) is 0 Å². The van der Waals surface area contributed by atoms with E-state index in [4.69, 9.17) is 0 Å². The van der Waals surface area contributed by atoms with Gasteiger partial charge in [0.2, 0.25) is 17.7 Å². The Labute approximate surface area is 152 Å². The summed E-state index contributed by atoms with van der Waals surface area (Å²) in [7, 11) is 0. The monoisotopic (exact) mass is 351 g/mol. The summed E-state index contributed by atoms with van der Waals surface area (Å²) >= 11 is 0. The molecule has 0 bridgehead atoms. The Morgan fingerprint density at radius 2 is 1.73 bits per heavy atom. The number of nitrogens with one attached hydrogen (secondary N) is 2. The summed E-state index contributed by atoms with van der Waals surface area (Å²) in [6.07, 6.45) is 1.62. The van der Waals surface area contributed by atoms with Gasteiger partial charge in [-0.3, -0.25) is 14.4 Å². The third-order valence-electron chi connectivity index (χ3n) is 4.19. The van der Waals surface area contributed by atoms with Crippen molar-refractivity contribution in [2.45, 2.75) is 26.2 Å². The van der Waals surface area contributed by atoms with Crippen LogP contribution in [0.4, 0.5) is 17.1 Å². The van der Waals surface area contributed by atoms with Gasteiger partial charge in [-0.05, 0) is 42.7 Å². The van der Waals surface area contributed by atoms with E-state index in [-0.39, 0.29) is 24.1 Å². The van der Waals surface area contributed by atoms with E-state index < -0.39 is 0 Å². The third kappa shape index (κ3) is 4.27. The number of hydrogen-bond acceptors (Lipinski definition) is 3. The Morgan fingerprint density at radius 3 is 2.50 bits per heavy atom. The first-order chi connectivity index (χ1) is 12.5. The molecule has 1 heterocycles. The van der Waals surface area contributed by atoms with Gasteiger partial charge in [0, 0.05) is 30.5 Å². The van der Waals surface area contributed by atoms with E-state index in [0.29, 0.717) is 17.9 Å². The molecule has 1 aliphatic rings. The minimum atomic E-state index is -0.377. The quantitative estimate of drug-likeness (QED) is 0.831. The fourth-order valence-electron chi connectivity index (χ4n) is 3.11. The van der Waals surface area contributed by atoms with Gasteiger partial charge in [0.05, 0.1) is 0 Å². The highest BCUT2D eigenvalue weighted by molar-refractivity contribution is 6.09. The lowest BCUT2D eigenvalue weighted by molar-refractivity contribution is -0.125. The molecule has 0 aromatic heterocycles. The summed E-state index contributed by atoms with van der Waals surface area (Å²) in [5.74, 6) is -0.780. The average molecular weight is 351 g/mol. The zero-order valence-electron chi connectivity index (χ0n) is 14.6. The minimum Gasteiger partial charge on any atom is -0.326 e. The summed E-state index contributed by atoms with van der Waals surface area (Å²) in [4.78, 5) is 37.7. The minimum absolute atomic E-state index is 0.188. The van der Waals surface area contributed by atoms with Crippen molar-refractivity contribution in [2.24, 2.45) is 0 Å². The van der Waals surface area contributed by atoms with Crippen molar-refractivity contribution < 1.29 is 14.4 Å². The molecule has 1 aliphatic heterocycles. The van der Waals surface area contributed by atoms with Crippen molar-refractivity contribution >= 4 is 34.8 Å². The summed E-state index contributed by atoms with van der Waals surface area (Å²) in [6.45, 7) is 2.04. The smallest absolute Gasteiger partial charge is 0.236 e. The van der Waals surface area contributed by atoms with Crippen molar-refractivity contribution in [3.63, 3.8) is 0 Å². The third-order valence-corrected chi connectivity index (χ3v) is 4.19. The first-order valence-electron chi connectivity index (χ1n) is 8.59. The van der Waals surface area contributed by atoms with Crippen LogP contribution in [0.5, 0.6) is 0 Å². The van der Waals surface area contributed by atoms with Crippen LogP contribution in [0.15, 0.2) is 48.5 Å². The normalized spacial score (nSPS) is 12.9. The number of rotatable bonds is 4. The van der Waals surface area contributed by atoms with E-state index in [1.807, 2.05) is 24.3 Å². The van der Waals surface area contributed by atoms with Crippen molar-refractivity contribution in [1.82, 2.24) is 0 Å². The number of para-hydroxylation sites is 1. The Kier molecular flexibility index (Phi) is 5.31. The molecule has 0 atom stereocenters. The molecular weight excluding hydrogens is 330 g/mol. The number of carbonyl (C=O) groups is 3. The summed E-state index contributed by atoms with van der Waals surface area (Å²) in [5, 5.41) is 5.37. The highest BCUT2D eigenvalue weighted by atomic mass is 16.2. The predicted octanol–water partition coefficient (Wildman–Crippen LogP) is 2.95. The van der Waals surface area contributed by atoms with E-state index in [1.54, 1.807) is 29.2 Å². The topological polar surface area (TPSA) is 78.5 Å². The number of benzene rings is 2. The van der Waals surface area contributed by atoms with Crippen molar-refractivity contribution in [1.29, 1.82) is 0 Å². The lowest BCUT2D eigenvalue weighted by Gasteiger charge is -2.29. The molecule has 3 amide bonds. The number of anilines is 3. The van der Waals surface area contributed by atoms with Crippen LogP contribution < -0.4 is 15.5 Å². The van der Waals surface area contributed by atoms with Crippen LogP contribution >= 0.6 is 0 Å². The van der Waals surface area contributed by atoms with Gasteiger partial charge in [0.1, 0.15) is 6.42 Å². The maximum absolute atomic E-state index is 12.6. The van der Waals surface area contributed by atoms with Gasteiger partial charge in [-0.1, -0.05) is 24.3 Å². The molecule has 2 aromatic carbocycles. The highest BCUT2D eigenvalue weighted by Gasteiger charge is 2.23. The fraction of sp³-hybridized carbons (Fsp3) is 0.250. The zero-order valence-corrected chi connectivity index (χ0v) is 14.6. The van der Waals surface area contributed by atoms with E-state index in [1.165, 1.54) is 6.92 Å². The molecule has 0 spiro atoms. The van der Waals surface area contributed by atoms with Gasteiger partial charge in [-0.2, -0.15) is 0 Å². The van der Waals surface area contributed by atoms with Gasteiger partial charge in [-0.15, -0.1) is 0 Å². The lowest BCUT2D eigenvalue weighted by Crippen LogP contribution is -2.37. The SMILES string of the molecule is CC(=O)Nc1cccc(NC(=O)CC(=O)N2CCCc3ccccc32)c1. The lowest BCUT2D eigenvalue weighted by atomic mass is 10.0. The maximum atomic E-state index is 12.6. The number of carbonyl (C=O) groups excluding carboxylic acids is 3. The Balaban J connectivity index is 1.64. The second-order valence-electron chi connectivity index (χ2n) is 6.26. The molecule has 0 aliphatic carbocycles. The molecule has 6 nitrogen and oxygen atoms in total. The van der Waals surface area contributed by atoms with Crippen LogP contribution in [0.25, 0.3) is 0 Å². The molecular formula is C20H21N3O3. The standard InChI is InChI=1S/C20H21N3O3/c1-14(24)21-16-8-4-9-17(12-16)22-19(25)13-20(26)23-11-5-7-15-6-2-3-10-18(15)23/h2-4,6,8-10,12H,5,7,11,13H2,1H3,(H,21,24)(H,22,25). The number of amides is 3. The number of aryl methyl sites for hydroxylation is 1. The van der Waals surface area contributed by atoms with Crippen LogP contribution in [-0.2, 0) is 20.8 Å². The fourth-order valence-corrected chi connectivity index (χ4v) is 3.11. The molecule has 2 aromatic rings. The molecule has 6 heteroatoms. The van der Waals surface area contributed by atoms with Gasteiger partial charge in [-0.25, -0.2) is 0 Å². The molecule has 0 radical (unpaired) electrons. The second kappa shape index (κ2) is 7.82. The molecule has 0 fully saturated rings. The van der Waals surface area contributed by atoms with E-state index >= 15 is 0 Å². The van der Waals surface area contributed by atoms with Crippen molar-refractivity contribution in [3.05, 3.63) is 54.1 Å². The van der Waals surface area contributed by atoms with Crippen LogP contribution in [-0.4, -0.2) is 24.3 Å². The maximum Gasteiger partial charge on any atom is 0.236 e. The molecule has 2 N–H and O–H groups in total. The van der Waals surface area contributed by atoms with Crippen LogP contribution in [0.3, 0.4) is 0 Å². The molecule has 0 unspecified atom stereocenters. The Bertz CT molecular complexity index is 848. The number of fused-ring (bicyclic) bond motifs is 1. The molecule has 0 saturated carbocycles. The van der Waals surface area contributed by atoms with Crippen LogP contribution in [0.1, 0.15) is 25.3 Å². The number of nitrogens with zero attached hydrogens (tertiary/aromatic N) is 1. The van der Waals surface area contributed by atoms with Crippen LogP contribution in [0, 0.1) is 0 Å². The highest BCUT2D eigenvalue weighted by Crippen LogP contribution is 2.27. The first-order valence-corrected chi connectivity index (χ1v) is 8.59. The van der Waals surface area contributed by atoms with E-state index in [9.17, 15) is 14.4 Å². The predicted molar refractivity (Wildman–Crippen MR) is 101 cm³/mol. The van der Waals surface area contributed by atoms with Crippen molar-refractivity contribution in [2.75, 3.05) is 22.1 Å².